The fraction of sp³-hybridized carbons (Fsp3) is 0.0233. The first kappa shape index (κ1) is 26.7. The number of anilines is 2. The van der Waals surface area contributed by atoms with Gasteiger partial charge in [0.05, 0.1) is 6.54 Å². The van der Waals surface area contributed by atoms with Crippen LogP contribution in [0.2, 0.25) is 0 Å². The third kappa shape index (κ3) is 4.56. The molecule has 1 aliphatic heterocycles. The Bertz CT molecular complexity index is 2400. The molecule has 46 heavy (non-hydrogen) atoms. The highest BCUT2D eigenvalue weighted by Crippen LogP contribution is 2.40. The van der Waals surface area contributed by atoms with Crippen LogP contribution >= 0.6 is 11.3 Å². The Kier molecular flexibility index (Phi) is 6.43. The number of hydrogen-bond donors (Lipinski definition) is 1. The molecule has 218 valence electrons. The van der Waals surface area contributed by atoms with Gasteiger partial charge in [-0.1, -0.05) is 121 Å². The SMILES string of the molecule is C1=C(N(c2ccc(-c3ccccc3)cc2)c2ccc(-c3cc4ccccc4c4ccccc34)cc2)NCc2sc3ccccc3c21. The number of nitrogens with zero attached hydrogens (tertiary/aromatic N) is 1. The van der Waals surface area contributed by atoms with Crippen molar-refractivity contribution in [1.82, 2.24) is 5.32 Å². The van der Waals surface area contributed by atoms with Crippen molar-refractivity contribution in [2.24, 2.45) is 0 Å². The van der Waals surface area contributed by atoms with E-state index in [-0.39, 0.29) is 0 Å². The van der Waals surface area contributed by atoms with Gasteiger partial charge in [0.1, 0.15) is 5.82 Å². The Morgan fingerprint density at radius 2 is 1.09 bits per heavy atom. The molecule has 9 rings (SSSR count). The van der Waals surface area contributed by atoms with E-state index in [9.17, 15) is 0 Å². The van der Waals surface area contributed by atoms with Gasteiger partial charge in [0.2, 0.25) is 0 Å². The number of fused-ring (bicyclic) bond motifs is 6. The molecule has 1 aliphatic rings. The summed E-state index contributed by atoms with van der Waals surface area (Å²) in [5, 5.41) is 10.2. The third-order valence-corrected chi connectivity index (χ3v) is 10.3. The normalized spacial score (nSPS) is 12.6. The van der Waals surface area contributed by atoms with Crippen LogP contribution in [0.25, 0.3) is 60.0 Å². The van der Waals surface area contributed by atoms with Crippen LogP contribution < -0.4 is 10.2 Å². The molecule has 1 N–H and O–H groups in total. The zero-order valence-corrected chi connectivity index (χ0v) is 26.0. The Hall–Kier alpha value is -5.64. The molecular formula is C43H30N2S. The third-order valence-electron chi connectivity index (χ3n) is 9.10. The van der Waals surface area contributed by atoms with Crippen LogP contribution in [-0.4, -0.2) is 0 Å². The van der Waals surface area contributed by atoms with Crippen molar-refractivity contribution in [3.05, 3.63) is 174 Å². The van der Waals surface area contributed by atoms with Crippen molar-refractivity contribution in [1.29, 1.82) is 0 Å². The molecule has 0 fully saturated rings. The van der Waals surface area contributed by atoms with Crippen LogP contribution in [0.4, 0.5) is 11.4 Å². The lowest BCUT2D eigenvalue weighted by molar-refractivity contribution is 0.792. The zero-order valence-electron chi connectivity index (χ0n) is 25.2. The standard InChI is InChI=1S/C43H30N2S/c1-2-10-29(11-3-1)30-18-22-33(23-19-30)45(43-27-40-38-16-8-9-17-41(38)46-42(40)28-44-43)34-24-20-31(21-25-34)39-26-32-12-4-5-13-35(32)36-14-6-7-15-37(36)39/h1-27,44H,28H2. The van der Waals surface area contributed by atoms with Gasteiger partial charge in [0.15, 0.2) is 0 Å². The predicted molar refractivity (Wildman–Crippen MR) is 198 cm³/mol. The molecule has 0 bridgehead atoms. The van der Waals surface area contributed by atoms with Crippen LogP contribution in [0.5, 0.6) is 0 Å². The minimum absolute atomic E-state index is 0.806. The minimum atomic E-state index is 0.806. The fourth-order valence-corrected chi connectivity index (χ4v) is 7.97. The van der Waals surface area contributed by atoms with Gasteiger partial charge in [0, 0.05) is 31.9 Å². The average molecular weight is 607 g/mol. The van der Waals surface area contributed by atoms with Crippen molar-refractivity contribution in [2.75, 3.05) is 4.90 Å². The van der Waals surface area contributed by atoms with E-state index in [1.165, 1.54) is 64.3 Å². The summed E-state index contributed by atoms with van der Waals surface area (Å²) in [6.45, 7) is 0.806. The summed E-state index contributed by atoms with van der Waals surface area (Å²) in [6.07, 6.45) is 2.33. The largest absolute Gasteiger partial charge is 0.366 e. The number of nitrogens with one attached hydrogen (secondary N) is 1. The summed E-state index contributed by atoms with van der Waals surface area (Å²) >= 11 is 1.88. The molecule has 1 aromatic heterocycles. The number of thiophene rings is 1. The molecule has 0 unspecified atom stereocenters. The van der Waals surface area contributed by atoms with Gasteiger partial charge in [0.25, 0.3) is 0 Å². The van der Waals surface area contributed by atoms with Gasteiger partial charge in [-0.2, -0.15) is 0 Å². The van der Waals surface area contributed by atoms with Gasteiger partial charge in [-0.05, 0) is 86.3 Å². The van der Waals surface area contributed by atoms with E-state index < -0.39 is 0 Å². The molecule has 0 radical (unpaired) electrons. The summed E-state index contributed by atoms with van der Waals surface area (Å²) in [5.74, 6) is 1.08. The van der Waals surface area contributed by atoms with Gasteiger partial charge < -0.3 is 5.32 Å². The van der Waals surface area contributed by atoms with Gasteiger partial charge in [-0.3, -0.25) is 4.90 Å². The first-order valence-electron chi connectivity index (χ1n) is 15.7. The van der Waals surface area contributed by atoms with E-state index in [0.29, 0.717) is 0 Å². The topological polar surface area (TPSA) is 15.3 Å². The maximum absolute atomic E-state index is 3.77. The molecule has 0 amide bonds. The second-order valence-corrected chi connectivity index (χ2v) is 12.9. The molecule has 0 aliphatic carbocycles. The first-order valence-corrected chi connectivity index (χ1v) is 16.5. The lowest BCUT2D eigenvalue weighted by atomic mass is 9.93. The van der Waals surface area contributed by atoms with E-state index in [1.807, 2.05) is 11.3 Å². The van der Waals surface area contributed by atoms with Gasteiger partial charge >= 0.3 is 0 Å². The molecule has 2 heterocycles. The summed E-state index contributed by atoms with van der Waals surface area (Å²) in [6, 6.07) is 57.0. The molecular weight excluding hydrogens is 577 g/mol. The average Bonchev–Trinajstić information content (AvgIpc) is 3.51. The molecule has 0 saturated carbocycles. The van der Waals surface area contributed by atoms with Crippen molar-refractivity contribution < 1.29 is 0 Å². The second-order valence-electron chi connectivity index (χ2n) is 11.8. The summed E-state index contributed by atoms with van der Waals surface area (Å²) < 4.78 is 1.33. The van der Waals surface area contributed by atoms with Gasteiger partial charge in [-0.25, -0.2) is 0 Å². The number of benzene rings is 7. The molecule has 8 aromatic rings. The smallest absolute Gasteiger partial charge is 0.111 e. The van der Waals surface area contributed by atoms with Gasteiger partial charge in [-0.15, -0.1) is 11.3 Å². The second kappa shape index (κ2) is 11.1. The molecule has 3 heteroatoms. The van der Waals surface area contributed by atoms with Crippen LogP contribution in [-0.2, 0) is 6.54 Å². The Morgan fingerprint density at radius 1 is 0.500 bits per heavy atom. The van der Waals surface area contributed by atoms with Crippen molar-refractivity contribution in [2.45, 2.75) is 6.54 Å². The summed E-state index contributed by atoms with van der Waals surface area (Å²) in [7, 11) is 0. The minimum Gasteiger partial charge on any atom is -0.366 e. The molecule has 0 saturated heterocycles. The maximum atomic E-state index is 3.77. The van der Waals surface area contributed by atoms with Crippen LogP contribution in [0.15, 0.2) is 164 Å². The summed E-state index contributed by atoms with van der Waals surface area (Å²) in [5.41, 5.74) is 8.44. The zero-order chi connectivity index (χ0) is 30.5. The van der Waals surface area contributed by atoms with E-state index in [0.717, 1.165) is 23.7 Å². The van der Waals surface area contributed by atoms with E-state index >= 15 is 0 Å². The van der Waals surface area contributed by atoms with E-state index in [1.54, 1.807) is 0 Å². The lowest BCUT2D eigenvalue weighted by Gasteiger charge is -2.31. The first-order chi connectivity index (χ1) is 22.8. The highest BCUT2D eigenvalue weighted by atomic mass is 32.1. The maximum Gasteiger partial charge on any atom is 0.111 e. The number of rotatable bonds is 5. The molecule has 0 atom stereocenters. The Morgan fingerprint density at radius 3 is 1.85 bits per heavy atom. The molecule has 7 aromatic carbocycles. The lowest BCUT2D eigenvalue weighted by Crippen LogP contribution is -2.29. The summed E-state index contributed by atoms with van der Waals surface area (Å²) in [4.78, 5) is 3.73. The van der Waals surface area contributed by atoms with Crippen molar-refractivity contribution >= 4 is 60.4 Å². The fourth-order valence-electron chi connectivity index (χ4n) is 6.85. The highest BCUT2D eigenvalue weighted by Gasteiger charge is 2.22. The number of hydrogen-bond acceptors (Lipinski definition) is 3. The Balaban J connectivity index is 1.17. The van der Waals surface area contributed by atoms with E-state index in [2.05, 4.69) is 174 Å². The predicted octanol–water partition coefficient (Wildman–Crippen LogP) is 11.8. The molecule has 0 spiro atoms. The van der Waals surface area contributed by atoms with Crippen LogP contribution in [0, 0.1) is 0 Å². The van der Waals surface area contributed by atoms with Crippen LogP contribution in [0.1, 0.15) is 10.4 Å². The highest BCUT2D eigenvalue weighted by molar-refractivity contribution is 7.19. The van der Waals surface area contributed by atoms with Crippen molar-refractivity contribution in [3.8, 4) is 22.3 Å². The van der Waals surface area contributed by atoms with Crippen LogP contribution in [0.3, 0.4) is 0 Å². The van der Waals surface area contributed by atoms with E-state index in [4.69, 9.17) is 0 Å². The molecule has 2 nitrogen and oxygen atoms in total. The van der Waals surface area contributed by atoms with Crippen molar-refractivity contribution in [3.63, 3.8) is 0 Å². The quantitative estimate of drug-likeness (QED) is 0.196. The Labute approximate surface area is 272 Å². The monoisotopic (exact) mass is 606 g/mol.